The molecule has 5 aromatic carbocycles. The molecule has 0 unspecified atom stereocenters. The SMILES string of the molecule is C.C.COc1ccc(CNC[C@]2(n3cn[nH]c3=O)CC[C@@](CO[C@H](C)c3cc(C(F)(F)F)cc(C(F)(F)F)c3)(c3ccccc3)NC2)cc1.C[C@@H](OC[C@@]1(c2ccccc2)CC[C@](CN)(n2cn[nH]c2=O)CN1)c1cc(C(F)(F)F)cc(C(F)(F)F)c1. The number of ether oxygens (including phenoxy) is 3. The monoisotopic (exact) mass is 1240 g/mol. The first-order valence-corrected chi connectivity index (χ1v) is 26.8. The van der Waals surface area contributed by atoms with Gasteiger partial charge in [-0.3, -0.25) is 9.13 Å². The average molecular weight is 1240 g/mol. The first kappa shape index (κ1) is 68.8. The molecule has 6 atom stereocenters. The molecule has 7 N–H and O–H groups in total. The molecule has 2 fully saturated rings. The fraction of sp³-hybridized carbons (Fsp3) is 0.433. The first-order valence-electron chi connectivity index (χ1n) is 26.8. The molecule has 15 nitrogen and oxygen atoms in total. The number of methoxy groups -OCH3 is 1. The predicted octanol–water partition coefficient (Wildman–Crippen LogP) is 11.8. The van der Waals surface area contributed by atoms with Crippen LogP contribution in [0.5, 0.6) is 5.75 Å². The first-order chi connectivity index (χ1) is 40.0. The lowest BCUT2D eigenvalue weighted by Gasteiger charge is -2.48. The number of hydrogen-bond acceptors (Lipinski definition) is 11. The highest BCUT2D eigenvalue weighted by atomic mass is 19.4. The third kappa shape index (κ3) is 15.9. The minimum Gasteiger partial charge on any atom is -0.497 e. The average Bonchev–Trinajstić information content (AvgIpc) is 1.74. The van der Waals surface area contributed by atoms with Gasteiger partial charge in [-0.15, -0.1) is 0 Å². The lowest BCUT2D eigenvalue weighted by Crippen LogP contribution is -2.63. The zero-order chi connectivity index (χ0) is 61.6. The van der Waals surface area contributed by atoms with Gasteiger partial charge in [-0.1, -0.05) is 87.6 Å². The number of nitrogens with two attached hydrogens (primary N) is 1. The van der Waals surface area contributed by atoms with Crippen molar-refractivity contribution in [3.05, 3.63) is 205 Å². The third-order valence-electron chi connectivity index (χ3n) is 16.0. The van der Waals surface area contributed by atoms with Crippen LogP contribution in [0.2, 0.25) is 0 Å². The highest BCUT2D eigenvalue weighted by Crippen LogP contribution is 2.43. The Hall–Kier alpha value is -7.30. The summed E-state index contributed by atoms with van der Waals surface area (Å²) >= 11 is 0. The maximum absolute atomic E-state index is 13.5. The molecule has 0 amide bonds. The Labute approximate surface area is 494 Å². The lowest BCUT2D eigenvalue weighted by atomic mass is 9.76. The van der Waals surface area contributed by atoms with Crippen LogP contribution in [-0.2, 0) is 62.9 Å². The van der Waals surface area contributed by atoms with E-state index >= 15 is 0 Å². The minimum absolute atomic E-state index is 0. The number of nitrogens with one attached hydrogen (secondary N) is 5. The molecule has 0 bridgehead atoms. The van der Waals surface area contributed by atoms with Crippen LogP contribution in [0.15, 0.2) is 144 Å². The predicted molar refractivity (Wildman–Crippen MR) is 301 cm³/mol. The van der Waals surface area contributed by atoms with Crippen LogP contribution < -0.4 is 37.8 Å². The maximum Gasteiger partial charge on any atom is 0.416 e. The van der Waals surface area contributed by atoms with Gasteiger partial charge in [0.05, 0.1) is 76.9 Å². The van der Waals surface area contributed by atoms with Crippen LogP contribution in [0.4, 0.5) is 52.7 Å². The Morgan fingerprint density at radius 2 is 0.943 bits per heavy atom. The van der Waals surface area contributed by atoms with E-state index in [2.05, 4.69) is 36.3 Å². The molecule has 0 aliphatic carbocycles. The zero-order valence-corrected chi connectivity index (χ0v) is 46.1. The van der Waals surface area contributed by atoms with E-state index < -0.39 is 87.0 Å². The zero-order valence-electron chi connectivity index (χ0n) is 46.1. The van der Waals surface area contributed by atoms with Gasteiger partial charge in [0.2, 0.25) is 0 Å². The van der Waals surface area contributed by atoms with Gasteiger partial charge in [0.25, 0.3) is 0 Å². The summed E-state index contributed by atoms with van der Waals surface area (Å²) in [5, 5.41) is 22.9. The van der Waals surface area contributed by atoms with Crippen molar-refractivity contribution in [3.63, 3.8) is 0 Å². The molecule has 0 radical (unpaired) electrons. The molecule has 2 aliphatic heterocycles. The van der Waals surface area contributed by atoms with Crippen LogP contribution in [0, 0.1) is 0 Å². The summed E-state index contributed by atoms with van der Waals surface area (Å²) < 4.78 is 182. The Bertz CT molecular complexity index is 3360. The summed E-state index contributed by atoms with van der Waals surface area (Å²) in [6.45, 7) is 4.27. The van der Waals surface area contributed by atoms with Crippen molar-refractivity contribution in [2.24, 2.45) is 5.73 Å². The van der Waals surface area contributed by atoms with Crippen LogP contribution in [0.3, 0.4) is 0 Å². The summed E-state index contributed by atoms with van der Waals surface area (Å²) in [5.74, 6) is 0.731. The van der Waals surface area contributed by atoms with E-state index in [0.29, 0.717) is 63.0 Å². The molecule has 7 aromatic rings. The van der Waals surface area contributed by atoms with Crippen molar-refractivity contribution in [1.29, 1.82) is 0 Å². The lowest BCUT2D eigenvalue weighted by molar-refractivity contribution is -0.145. The molecule has 0 saturated carbocycles. The number of piperidine rings is 2. The number of aromatic amines is 2. The standard InChI is InChI=1S/C33H35F6N5O3.C25H27F6N5O2.2CH4/c1-22(24-14-26(32(34,35)36)16-27(15-24)33(37,38)39)47-20-31(25-6-4-3-5-7-25)13-12-30(19-41-31,44-21-42-43-29(44)45)18-40-17-23-8-10-28(46-2)11-9-23;1-16(17-9-19(24(26,27)28)11-20(10-17)25(29,30)31)38-14-23(18-5-3-2-4-6-18)8-7-22(12-32,13-33-23)36-15-34-35-21(36)37;;/h3-11,14-16,21-22,40-41H,12-13,17-20H2,1-2H3,(H,43,45);2-6,9-11,15-16,33H,7-8,12-14,32H2,1H3,(H,35,37);2*1H4/t22-,30-,31-;16-,22-,23-;;/m11../s1. The molecule has 0 spiro atoms. The third-order valence-corrected chi connectivity index (χ3v) is 16.0. The summed E-state index contributed by atoms with van der Waals surface area (Å²) in [4.78, 5) is 25.1. The fourth-order valence-corrected chi connectivity index (χ4v) is 10.8. The quantitative estimate of drug-likeness (QED) is 0.0448. The number of rotatable bonds is 18. The van der Waals surface area contributed by atoms with E-state index in [1.54, 1.807) is 11.7 Å². The van der Waals surface area contributed by atoms with Crippen molar-refractivity contribution in [1.82, 2.24) is 45.5 Å². The van der Waals surface area contributed by atoms with Crippen LogP contribution in [0.25, 0.3) is 0 Å². The fourth-order valence-electron chi connectivity index (χ4n) is 10.8. The molecule has 2 aromatic heterocycles. The normalized spacial score (nSPS) is 21.6. The Kier molecular flexibility index (Phi) is 21.7. The number of halogens is 12. The smallest absolute Gasteiger partial charge is 0.416 e. The Morgan fingerprint density at radius 3 is 1.26 bits per heavy atom. The van der Waals surface area contributed by atoms with Crippen LogP contribution in [-0.4, -0.2) is 76.0 Å². The topological polar surface area (TPSA) is 191 Å². The van der Waals surface area contributed by atoms with Gasteiger partial charge in [-0.05, 0) is 116 Å². The second kappa shape index (κ2) is 27.4. The van der Waals surface area contributed by atoms with Crippen molar-refractivity contribution >= 4 is 0 Å². The van der Waals surface area contributed by atoms with Gasteiger partial charge >= 0.3 is 36.1 Å². The molecule has 2 aliphatic rings. The van der Waals surface area contributed by atoms with Crippen molar-refractivity contribution < 1.29 is 66.9 Å². The van der Waals surface area contributed by atoms with Gasteiger partial charge < -0.3 is 35.9 Å². The number of aromatic nitrogens is 6. The van der Waals surface area contributed by atoms with Crippen molar-refractivity contribution in [3.8, 4) is 5.75 Å². The van der Waals surface area contributed by atoms with Gasteiger partial charge in [-0.25, -0.2) is 19.8 Å². The molecule has 27 heteroatoms. The van der Waals surface area contributed by atoms with E-state index in [9.17, 15) is 62.3 Å². The molecular formula is C60H70F12N10O5. The number of hydrogen-bond donors (Lipinski definition) is 6. The van der Waals surface area contributed by atoms with Gasteiger partial charge in [-0.2, -0.15) is 62.9 Å². The second-order valence-electron chi connectivity index (χ2n) is 21.4. The molecule has 87 heavy (non-hydrogen) atoms. The van der Waals surface area contributed by atoms with Crippen LogP contribution in [0.1, 0.15) is 117 Å². The van der Waals surface area contributed by atoms with Gasteiger partial charge in [0.15, 0.2) is 0 Å². The summed E-state index contributed by atoms with van der Waals surface area (Å²) in [7, 11) is 1.59. The van der Waals surface area contributed by atoms with E-state index in [1.807, 2.05) is 84.9 Å². The molecule has 9 rings (SSSR count). The van der Waals surface area contributed by atoms with E-state index in [1.165, 1.54) is 31.1 Å². The summed E-state index contributed by atoms with van der Waals surface area (Å²) in [6.07, 6.45) is -17.5. The van der Waals surface area contributed by atoms with E-state index in [0.717, 1.165) is 22.4 Å². The molecule has 4 heterocycles. The Morgan fingerprint density at radius 1 is 0.563 bits per heavy atom. The van der Waals surface area contributed by atoms with Gasteiger partial charge in [0, 0.05) is 32.7 Å². The summed E-state index contributed by atoms with van der Waals surface area (Å²) in [6, 6.07) is 28.9. The largest absolute Gasteiger partial charge is 0.497 e. The number of H-pyrrole nitrogens is 2. The maximum atomic E-state index is 13.5. The Balaban J connectivity index is 0.000000278. The molecule has 2 saturated heterocycles. The van der Waals surface area contributed by atoms with E-state index in [-0.39, 0.29) is 76.7 Å². The second-order valence-corrected chi connectivity index (χ2v) is 21.4. The van der Waals surface area contributed by atoms with Crippen molar-refractivity contribution in [2.45, 2.75) is 120 Å². The number of nitrogens with zero attached hydrogens (tertiary/aromatic N) is 4. The highest BCUT2D eigenvalue weighted by molar-refractivity contribution is 5.37. The number of alkyl halides is 12. The molecule has 474 valence electrons. The highest BCUT2D eigenvalue weighted by Gasteiger charge is 2.48. The molecular weight excluding hydrogens is 1170 g/mol. The number of benzene rings is 5. The van der Waals surface area contributed by atoms with Crippen LogP contribution >= 0.6 is 0 Å². The van der Waals surface area contributed by atoms with E-state index in [4.69, 9.17) is 19.9 Å². The minimum atomic E-state index is -4.97. The van der Waals surface area contributed by atoms with Gasteiger partial charge in [0.1, 0.15) is 18.4 Å². The summed E-state index contributed by atoms with van der Waals surface area (Å²) in [5.41, 5.74) is -1.41. The van der Waals surface area contributed by atoms with Crippen molar-refractivity contribution in [2.75, 3.05) is 46.5 Å².